The summed E-state index contributed by atoms with van der Waals surface area (Å²) in [6.07, 6.45) is 0. The molecule has 0 aliphatic heterocycles. The largest absolute Gasteiger partial charge is 0.506 e. The second kappa shape index (κ2) is 6.84. The van der Waals surface area contributed by atoms with Crippen molar-refractivity contribution < 1.29 is 15.0 Å². The Kier molecular flexibility index (Phi) is 4.58. The molecule has 0 fully saturated rings. The molecular formula is C20H18N2O4. The summed E-state index contributed by atoms with van der Waals surface area (Å²) in [4.78, 5) is 28.3. The third kappa shape index (κ3) is 2.97. The average molecular weight is 350 g/mol. The van der Waals surface area contributed by atoms with Crippen molar-refractivity contribution in [2.24, 2.45) is 4.99 Å². The summed E-state index contributed by atoms with van der Waals surface area (Å²) in [5.74, 6) is -1.17. The van der Waals surface area contributed by atoms with Gasteiger partial charge in [0.05, 0.1) is 22.5 Å². The molecule has 1 heterocycles. The van der Waals surface area contributed by atoms with Crippen LogP contribution in [0, 0.1) is 0 Å². The third-order valence-electron chi connectivity index (χ3n) is 4.21. The molecule has 0 amide bonds. The number of rotatable bonds is 4. The first-order valence-corrected chi connectivity index (χ1v) is 8.17. The lowest BCUT2D eigenvalue weighted by atomic mass is 10.1. The van der Waals surface area contributed by atoms with Crippen LogP contribution >= 0.6 is 0 Å². The van der Waals surface area contributed by atoms with Crippen molar-refractivity contribution in [2.75, 3.05) is 0 Å². The molecule has 2 N–H and O–H groups in total. The minimum Gasteiger partial charge on any atom is -0.506 e. The second-order valence-corrected chi connectivity index (χ2v) is 5.84. The van der Waals surface area contributed by atoms with E-state index >= 15 is 0 Å². The molecule has 0 radical (unpaired) electrons. The number of carboxylic acids is 1. The number of para-hydroxylation sites is 1. The van der Waals surface area contributed by atoms with Crippen molar-refractivity contribution in [1.82, 2.24) is 4.57 Å². The molecule has 26 heavy (non-hydrogen) atoms. The molecule has 6 nitrogen and oxygen atoms in total. The smallest absolute Gasteiger partial charge is 0.335 e. The SMILES string of the molecule is CCn1c(=O)c(C(C)=Nc2cccc(C(=O)O)c2)c(O)c2ccccc21. The van der Waals surface area contributed by atoms with Crippen LogP contribution < -0.4 is 5.56 Å². The minimum atomic E-state index is -1.05. The van der Waals surface area contributed by atoms with Crippen LogP contribution in [0.5, 0.6) is 5.75 Å². The molecule has 0 unspecified atom stereocenters. The molecule has 6 heteroatoms. The number of nitrogens with zero attached hydrogens (tertiary/aromatic N) is 2. The van der Waals surface area contributed by atoms with Gasteiger partial charge in [-0.1, -0.05) is 18.2 Å². The van der Waals surface area contributed by atoms with E-state index in [4.69, 9.17) is 5.11 Å². The van der Waals surface area contributed by atoms with Gasteiger partial charge in [-0.25, -0.2) is 4.79 Å². The number of aryl methyl sites for hydroxylation is 1. The molecule has 1 aromatic heterocycles. The van der Waals surface area contributed by atoms with Gasteiger partial charge in [0, 0.05) is 11.9 Å². The van der Waals surface area contributed by atoms with E-state index in [1.807, 2.05) is 13.0 Å². The predicted molar refractivity (Wildman–Crippen MR) is 101 cm³/mol. The summed E-state index contributed by atoms with van der Waals surface area (Å²) in [5, 5.41) is 20.3. The zero-order valence-corrected chi connectivity index (χ0v) is 14.4. The van der Waals surface area contributed by atoms with E-state index < -0.39 is 5.97 Å². The Morgan fingerprint density at radius 3 is 2.58 bits per heavy atom. The molecule has 2 aromatic carbocycles. The number of fused-ring (bicyclic) bond motifs is 1. The van der Waals surface area contributed by atoms with Gasteiger partial charge in [0.2, 0.25) is 0 Å². The Morgan fingerprint density at radius 2 is 1.88 bits per heavy atom. The Morgan fingerprint density at radius 1 is 1.15 bits per heavy atom. The highest BCUT2D eigenvalue weighted by Gasteiger charge is 2.17. The Bertz CT molecular complexity index is 1100. The first-order valence-electron chi connectivity index (χ1n) is 8.17. The van der Waals surface area contributed by atoms with Crippen LogP contribution in [0.3, 0.4) is 0 Å². The number of benzene rings is 2. The third-order valence-corrected chi connectivity index (χ3v) is 4.21. The van der Waals surface area contributed by atoms with Crippen LogP contribution in [0.25, 0.3) is 10.9 Å². The van der Waals surface area contributed by atoms with E-state index in [2.05, 4.69) is 4.99 Å². The normalized spacial score (nSPS) is 11.7. The lowest BCUT2D eigenvalue weighted by Crippen LogP contribution is -2.26. The molecule has 132 valence electrons. The lowest BCUT2D eigenvalue weighted by Gasteiger charge is -2.13. The van der Waals surface area contributed by atoms with Gasteiger partial charge in [-0.3, -0.25) is 9.79 Å². The van der Waals surface area contributed by atoms with Crippen molar-refractivity contribution in [3.8, 4) is 5.75 Å². The number of aromatic hydroxyl groups is 1. The van der Waals surface area contributed by atoms with Gasteiger partial charge in [0.15, 0.2) is 0 Å². The Labute approximate surface area is 149 Å². The molecule has 0 atom stereocenters. The van der Waals surface area contributed by atoms with Crippen molar-refractivity contribution in [1.29, 1.82) is 0 Å². The number of carbonyl (C=O) groups is 1. The molecular weight excluding hydrogens is 332 g/mol. The molecule has 0 spiro atoms. The van der Waals surface area contributed by atoms with Gasteiger partial charge in [0.25, 0.3) is 5.56 Å². The maximum atomic E-state index is 12.9. The maximum absolute atomic E-state index is 12.9. The van der Waals surface area contributed by atoms with Gasteiger partial charge >= 0.3 is 5.97 Å². The van der Waals surface area contributed by atoms with Gasteiger partial charge in [0.1, 0.15) is 11.3 Å². The van der Waals surface area contributed by atoms with Crippen LogP contribution in [0.1, 0.15) is 29.8 Å². The fraction of sp³-hybridized carbons (Fsp3) is 0.150. The summed E-state index contributed by atoms with van der Waals surface area (Å²) < 4.78 is 1.58. The topological polar surface area (TPSA) is 91.9 Å². The zero-order valence-electron chi connectivity index (χ0n) is 14.4. The number of aromatic carboxylic acids is 1. The summed E-state index contributed by atoms with van der Waals surface area (Å²) in [6, 6.07) is 13.2. The fourth-order valence-corrected chi connectivity index (χ4v) is 2.99. The molecule has 3 aromatic rings. The monoisotopic (exact) mass is 350 g/mol. The number of hydrogen-bond donors (Lipinski definition) is 2. The van der Waals surface area contributed by atoms with E-state index in [9.17, 15) is 14.7 Å². The molecule has 0 saturated heterocycles. The quantitative estimate of drug-likeness (QED) is 0.704. The van der Waals surface area contributed by atoms with E-state index in [1.54, 1.807) is 41.8 Å². The van der Waals surface area contributed by atoms with E-state index in [-0.39, 0.29) is 22.4 Å². The van der Waals surface area contributed by atoms with Crippen LogP contribution in [0.4, 0.5) is 5.69 Å². The molecule has 0 saturated carbocycles. The highest BCUT2D eigenvalue weighted by atomic mass is 16.4. The highest BCUT2D eigenvalue weighted by molar-refractivity contribution is 6.06. The van der Waals surface area contributed by atoms with Crippen LogP contribution in [-0.2, 0) is 6.54 Å². The molecule has 0 aliphatic rings. The van der Waals surface area contributed by atoms with Gasteiger partial charge < -0.3 is 14.8 Å². The number of hydrogen-bond acceptors (Lipinski definition) is 4. The lowest BCUT2D eigenvalue weighted by molar-refractivity contribution is 0.0697. The minimum absolute atomic E-state index is 0.104. The van der Waals surface area contributed by atoms with Crippen LogP contribution in [0.15, 0.2) is 58.3 Å². The van der Waals surface area contributed by atoms with Crippen molar-refractivity contribution in [3.63, 3.8) is 0 Å². The zero-order chi connectivity index (χ0) is 18.8. The molecule has 3 rings (SSSR count). The van der Waals surface area contributed by atoms with Gasteiger partial charge in [-0.2, -0.15) is 0 Å². The van der Waals surface area contributed by atoms with Crippen LogP contribution in [0.2, 0.25) is 0 Å². The summed E-state index contributed by atoms with van der Waals surface area (Å²) >= 11 is 0. The second-order valence-electron chi connectivity index (χ2n) is 5.84. The number of aliphatic imine (C=N–C) groups is 1. The van der Waals surface area contributed by atoms with Crippen molar-refractivity contribution in [3.05, 3.63) is 70.0 Å². The molecule has 0 aliphatic carbocycles. The summed E-state index contributed by atoms with van der Waals surface area (Å²) in [5.41, 5.74) is 1.26. The Hall–Kier alpha value is -3.41. The number of aromatic nitrogens is 1. The number of pyridine rings is 1. The summed E-state index contributed by atoms with van der Waals surface area (Å²) in [6.45, 7) is 3.94. The first kappa shape index (κ1) is 17.4. The molecule has 0 bridgehead atoms. The standard InChI is InChI=1S/C20H18N2O4/c1-3-22-16-10-5-4-9-15(16)18(23)17(19(22)24)12(2)21-14-8-6-7-13(11-14)20(25)26/h4-11,23H,3H2,1-2H3,(H,25,26). The van der Waals surface area contributed by atoms with E-state index in [0.717, 1.165) is 0 Å². The first-order chi connectivity index (χ1) is 12.4. The van der Waals surface area contributed by atoms with E-state index in [0.29, 0.717) is 28.8 Å². The fourth-order valence-electron chi connectivity index (χ4n) is 2.99. The maximum Gasteiger partial charge on any atom is 0.335 e. The van der Waals surface area contributed by atoms with E-state index in [1.165, 1.54) is 12.1 Å². The van der Waals surface area contributed by atoms with Crippen molar-refractivity contribution in [2.45, 2.75) is 20.4 Å². The van der Waals surface area contributed by atoms with Crippen LogP contribution in [-0.4, -0.2) is 26.5 Å². The summed E-state index contributed by atoms with van der Waals surface area (Å²) in [7, 11) is 0. The Balaban J connectivity index is 2.23. The average Bonchev–Trinajstić information content (AvgIpc) is 2.62. The van der Waals surface area contributed by atoms with Gasteiger partial charge in [-0.15, -0.1) is 0 Å². The highest BCUT2D eigenvalue weighted by Crippen LogP contribution is 2.27. The van der Waals surface area contributed by atoms with Crippen molar-refractivity contribution >= 4 is 28.3 Å². The number of carboxylic acid groups (broad SMARTS) is 1. The van der Waals surface area contributed by atoms with Gasteiger partial charge in [-0.05, 0) is 44.2 Å². The predicted octanol–water partition coefficient (Wildman–Crippen LogP) is 3.57.